The van der Waals surface area contributed by atoms with Crippen LogP contribution in [0.3, 0.4) is 0 Å². The molecule has 6 heteroatoms. The van der Waals surface area contributed by atoms with Gasteiger partial charge in [0.15, 0.2) is 11.5 Å². The number of methoxy groups -OCH3 is 2. The van der Waals surface area contributed by atoms with E-state index in [0.29, 0.717) is 27.1 Å². The molecule has 0 N–H and O–H groups in total. The lowest BCUT2D eigenvalue weighted by molar-refractivity contribution is 0.0468. The molecule has 0 aromatic heterocycles. The smallest absolute Gasteiger partial charge is 0.338 e. The van der Waals surface area contributed by atoms with Crippen LogP contribution in [0.2, 0.25) is 0 Å². The van der Waals surface area contributed by atoms with Crippen LogP contribution in [0.5, 0.6) is 11.5 Å². The van der Waals surface area contributed by atoms with Crippen LogP contribution < -0.4 is 9.47 Å². The third-order valence-electron chi connectivity index (χ3n) is 2.99. The number of hydrogen-bond donors (Lipinski definition) is 0. The van der Waals surface area contributed by atoms with Gasteiger partial charge in [0, 0.05) is 10.0 Å². The van der Waals surface area contributed by atoms with E-state index in [1.54, 1.807) is 24.3 Å². The highest BCUT2D eigenvalue weighted by atomic mass is 79.9. The first-order chi connectivity index (χ1) is 10.5. The molecule has 2 aromatic carbocycles. The molecule has 0 amide bonds. The monoisotopic (exact) mass is 368 g/mol. The first kappa shape index (κ1) is 16.3. The van der Waals surface area contributed by atoms with Gasteiger partial charge in [-0.1, -0.05) is 22.0 Å². The van der Waals surface area contributed by atoms with Crippen molar-refractivity contribution in [2.24, 2.45) is 0 Å². The van der Waals surface area contributed by atoms with E-state index < -0.39 is 11.8 Å². The van der Waals surface area contributed by atoms with E-state index >= 15 is 0 Å². The van der Waals surface area contributed by atoms with Crippen molar-refractivity contribution >= 4 is 21.9 Å². The van der Waals surface area contributed by atoms with Crippen LogP contribution >= 0.6 is 15.9 Å². The van der Waals surface area contributed by atoms with E-state index in [-0.39, 0.29) is 6.61 Å². The van der Waals surface area contributed by atoms with Gasteiger partial charge in [-0.05, 0) is 30.3 Å². The summed E-state index contributed by atoms with van der Waals surface area (Å²) in [6, 6.07) is 9.24. The summed E-state index contributed by atoms with van der Waals surface area (Å²) >= 11 is 3.17. The van der Waals surface area contributed by atoms with Crippen molar-refractivity contribution in [2.75, 3.05) is 14.2 Å². The average molecular weight is 369 g/mol. The van der Waals surface area contributed by atoms with Gasteiger partial charge < -0.3 is 14.2 Å². The first-order valence-electron chi connectivity index (χ1n) is 6.38. The molecular formula is C16H14BrFO4. The predicted octanol–water partition coefficient (Wildman–Crippen LogP) is 3.96. The van der Waals surface area contributed by atoms with Crippen LogP contribution in [0.15, 0.2) is 40.9 Å². The summed E-state index contributed by atoms with van der Waals surface area (Å²) in [4.78, 5) is 12.0. The van der Waals surface area contributed by atoms with Crippen LogP contribution in [0, 0.1) is 5.82 Å². The van der Waals surface area contributed by atoms with Crippen molar-refractivity contribution in [1.29, 1.82) is 0 Å². The molecule has 0 bridgehead atoms. The molecule has 0 atom stereocenters. The van der Waals surface area contributed by atoms with Gasteiger partial charge in [-0.2, -0.15) is 0 Å². The maximum Gasteiger partial charge on any atom is 0.338 e. The maximum absolute atomic E-state index is 13.7. The minimum Gasteiger partial charge on any atom is -0.493 e. The predicted molar refractivity (Wildman–Crippen MR) is 82.8 cm³/mol. The van der Waals surface area contributed by atoms with Crippen molar-refractivity contribution in [2.45, 2.75) is 6.61 Å². The van der Waals surface area contributed by atoms with Gasteiger partial charge in [0.05, 0.1) is 19.8 Å². The summed E-state index contributed by atoms with van der Waals surface area (Å²) in [5.41, 5.74) is 0.604. The second kappa shape index (κ2) is 7.26. The van der Waals surface area contributed by atoms with Crippen LogP contribution in [0.4, 0.5) is 4.39 Å². The van der Waals surface area contributed by atoms with E-state index in [0.717, 1.165) is 0 Å². The Morgan fingerprint density at radius 1 is 1.09 bits per heavy atom. The number of carbonyl (C=O) groups is 1. The third kappa shape index (κ3) is 3.76. The lowest BCUT2D eigenvalue weighted by atomic mass is 10.2. The number of halogens is 2. The molecule has 116 valence electrons. The number of hydrogen-bond acceptors (Lipinski definition) is 4. The normalized spacial score (nSPS) is 10.2. The zero-order valence-corrected chi connectivity index (χ0v) is 13.6. The molecule has 0 saturated heterocycles. The quantitative estimate of drug-likeness (QED) is 0.749. The van der Waals surface area contributed by atoms with Crippen LogP contribution in [0.1, 0.15) is 15.9 Å². The fourth-order valence-corrected chi connectivity index (χ4v) is 2.16. The number of esters is 1. The molecule has 0 saturated carbocycles. The fraction of sp³-hybridized carbons (Fsp3) is 0.188. The number of benzene rings is 2. The Hall–Kier alpha value is -2.08. The third-order valence-corrected chi connectivity index (χ3v) is 3.49. The lowest BCUT2D eigenvalue weighted by Gasteiger charge is -2.10. The minimum absolute atomic E-state index is 0.147. The standard InChI is InChI=1S/C16H14BrFO4/c1-20-14-6-4-10(7-15(14)21-2)16(19)22-9-11-3-5-12(17)8-13(11)18/h3-8H,9H2,1-2H3. The molecule has 2 aromatic rings. The minimum atomic E-state index is -0.566. The lowest BCUT2D eigenvalue weighted by Crippen LogP contribution is -2.07. The molecule has 0 heterocycles. The summed E-state index contributed by atoms with van der Waals surface area (Å²) in [6.07, 6.45) is 0. The van der Waals surface area contributed by atoms with Gasteiger partial charge >= 0.3 is 5.97 Å². The van der Waals surface area contributed by atoms with Crippen molar-refractivity contribution < 1.29 is 23.4 Å². The summed E-state index contributed by atoms with van der Waals surface area (Å²) < 4.78 is 29.6. The average Bonchev–Trinajstić information content (AvgIpc) is 2.53. The van der Waals surface area contributed by atoms with Crippen LogP contribution in [-0.2, 0) is 11.3 Å². The molecule has 2 rings (SSSR count). The number of carbonyl (C=O) groups excluding carboxylic acids is 1. The number of rotatable bonds is 5. The van der Waals surface area contributed by atoms with E-state index in [2.05, 4.69) is 15.9 Å². The Labute approximate surface area is 135 Å². The molecule has 4 nitrogen and oxygen atoms in total. The highest BCUT2D eigenvalue weighted by Gasteiger charge is 2.13. The number of ether oxygens (including phenoxy) is 3. The van der Waals surface area contributed by atoms with Crippen molar-refractivity contribution in [3.63, 3.8) is 0 Å². The molecule has 0 radical (unpaired) electrons. The first-order valence-corrected chi connectivity index (χ1v) is 7.17. The van der Waals surface area contributed by atoms with Gasteiger partial charge in [-0.15, -0.1) is 0 Å². The zero-order valence-electron chi connectivity index (χ0n) is 12.1. The molecule has 22 heavy (non-hydrogen) atoms. The van der Waals surface area contributed by atoms with Crippen molar-refractivity contribution in [3.05, 3.63) is 57.8 Å². The van der Waals surface area contributed by atoms with E-state index in [4.69, 9.17) is 14.2 Å². The summed E-state index contributed by atoms with van der Waals surface area (Å²) in [6.45, 7) is -0.147. The van der Waals surface area contributed by atoms with Gasteiger partial charge in [0.2, 0.25) is 0 Å². The molecule has 0 spiro atoms. The second-order valence-electron chi connectivity index (χ2n) is 4.38. The van der Waals surface area contributed by atoms with Gasteiger partial charge in [0.25, 0.3) is 0 Å². The van der Waals surface area contributed by atoms with E-state index in [1.807, 2.05) is 0 Å². The van der Waals surface area contributed by atoms with Gasteiger partial charge in [-0.3, -0.25) is 0 Å². The molecular weight excluding hydrogens is 355 g/mol. The Bertz CT molecular complexity index is 688. The zero-order chi connectivity index (χ0) is 16.1. The van der Waals surface area contributed by atoms with Gasteiger partial charge in [-0.25, -0.2) is 9.18 Å². The molecule has 0 aliphatic heterocycles. The molecule has 0 aliphatic rings. The summed E-state index contributed by atoms with van der Waals surface area (Å²) in [5, 5.41) is 0. The fourth-order valence-electron chi connectivity index (χ4n) is 1.83. The topological polar surface area (TPSA) is 44.8 Å². The Kier molecular flexibility index (Phi) is 5.38. The van der Waals surface area contributed by atoms with Crippen LogP contribution in [-0.4, -0.2) is 20.2 Å². The molecule has 0 fully saturated rings. The second-order valence-corrected chi connectivity index (χ2v) is 5.30. The van der Waals surface area contributed by atoms with Crippen LogP contribution in [0.25, 0.3) is 0 Å². The van der Waals surface area contributed by atoms with Crippen molar-refractivity contribution in [1.82, 2.24) is 0 Å². The van der Waals surface area contributed by atoms with E-state index in [1.165, 1.54) is 26.4 Å². The Morgan fingerprint density at radius 2 is 1.82 bits per heavy atom. The molecule has 0 unspecified atom stereocenters. The SMILES string of the molecule is COc1ccc(C(=O)OCc2ccc(Br)cc2F)cc1OC. The van der Waals surface area contributed by atoms with Crippen molar-refractivity contribution in [3.8, 4) is 11.5 Å². The highest BCUT2D eigenvalue weighted by molar-refractivity contribution is 9.10. The summed E-state index contributed by atoms with van der Waals surface area (Å²) in [5.74, 6) is -0.0671. The van der Waals surface area contributed by atoms with Gasteiger partial charge in [0.1, 0.15) is 12.4 Å². The Balaban J connectivity index is 2.09. The van der Waals surface area contributed by atoms with E-state index in [9.17, 15) is 9.18 Å². The Morgan fingerprint density at radius 3 is 2.45 bits per heavy atom. The highest BCUT2D eigenvalue weighted by Crippen LogP contribution is 2.28. The largest absolute Gasteiger partial charge is 0.493 e. The molecule has 0 aliphatic carbocycles. The maximum atomic E-state index is 13.7. The summed E-state index contributed by atoms with van der Waals surface area (Å²) in [7, 11) is 2.98.